The molecular formula is C21H16F2N4O3. The van der Waals surface area contributed by atoms with E-state index < -0.39 is 11.9 Å². The Kier molecular flexibility index (Phi) is 5.25. The van der Waals surface area contributed by atoms with Crippen LogP contribution in [-0.4, -0.2) is 25.6 Å². The normalized spacial score (nSPS) is 10.9. The van der Waals surface area contributed by atoms with E-state index in [1.807, 2.05) is 0 Å². The van der Waals surface area contributed by atoms with Gasteiger partial charge in [0.1, 0.15) is 24.0 Å². The van der Waals surface area contributed by atoms with Crippen LogP contribution in [0.5, 0.6) is 5.75 Å². The van der Waals surface area contributed by atoms with Crippen LogP contribution in [0.4, 0.5) is 13.6 Å². The van der Waals surface area contributed by atoms with Crippen molar-refractivity contribution in [1.29, 1.82) is 0 Å². The van der Waals surface area contributed by atoms with Gasteiger partial charge in [0.15, 0.2) is 0 Å². The minimum Gasteiger partial charge on any atom is -0.487 e. The fraction of sp³-hybridized carbons (Fsp3) is 0.0952. The molecule has 0 fully saturated rings. The Bertz CT molecular complexity index is 1210. The van der Waals surface area contributed by atoms with E-state index in [-0.39, 0.29) is 19.0 Å². The Morgan fingerprint density at radius 2 is 1.87 bits per heavy atom. The highest BCUT2D eigenvalue weighted by atomic mass is 19.1. The number of aromatic nitrogens is 3. The Morgan fingerprint density at radius 3 is 2.63 bits per heavy atom. The van der Waals surface area contributed by atoms with Crippen LogP contribution in [0.15, 0.2) is 61.1 Å². The maximum absolute atomic E-state index is 13.6. The summed E-state index contributed by atoms with van der Waals surface area (Å²) >= 11 is 0. The summed E-state index contributed by atoms with van der Waals surface area (Å²) in [6.45, 7) is 0.135. The number of halogens is 2. The first-order chi connectivity index (χ1) is 14.5. The highest BCUT2D eigenvalue weighted by Gasteiger charge is 2.11. The number of carbonyl (C=O) groups is 1. The summed E-state index contributed by atoms with van der Waals surface area (Å²) in [5, 5.41) is 11.1. The van der Waals surface area contributed by atoms with E-state index in [1.165, 1.54) is 36.4 Å². The van der Waals surface area contributed by atoms with Gasteiger partial charge in [-0.1, -0.05) is 6.07 Å². The Labute approximate surface area is 169 Å². The highest BCUT2D eigenvalue weighted by Crippen LogP contribution is 2.25. The molecule has 2 heterocycles. The molecule has 4 rings (SSSR count). The molecule has 0 aliphatic heterocycles. The highest BCUT2D eigenvalue weighted by molar-refractivity contribution is 5.69. The molecule has 0 spiro atoms. The van der Waals surface area contributed by atoms with Gasteiger partial charge in [0.25, 0.3) is 0 Å². The van der Waals surface area contributed by atoms with E-state index >= 15 is 0 Å². The number of hydrogen-bond donors (Lipinski definition) is 2. The number of benzene rings is 2. The minimum absolute atomic E-state index is 0.0405. The van der Waals surface area contributed by atoms with Crippen molar-refractivity contribution in [2.75, 3.05) is 0 Å². The molecular weight excluding hydrogens is 394 g/mol. The van der Waals surface area contributed by atoms with Crippen LogP contribution in [-0.2, 0) is 13.2 Å². The van der Waals surface area contributed by atoms with Crippen molar-refractivity contribution in [3.8, 4) is 16.9 Å². The molecule has 0 saturated heterocycles. The van der Waals surface area contributed by atoms with Crippen molar-refractivity contribution in [1.82, 2.24) is 19.7 Å². The van der Waals surface area contributed by atoms with E-state index in [0.29, 0.717) is 33.9 Å². The van der Waals surface area contributed by atoms with Crippen LogP contribution in [0.1, 0.15) is 11.3 Å². The van der Waals surface area contributed by atoms with Crippen molar-refractivity contribution >= 4 is 11.9 Å². The van der Waals surface area contributed by atoms with Crippen molar-refractivity contribution in [3.05, 3.63) is 83.9 Å². The molecule has 30 heavy (non-hydrogen) atoms. The van der Waals surface area contributed by atoms with E-state index in [1.54, 1.807) is 29.1 Å². The molecule has 0 aliphatic rings. The summed E-state index contributed by atoms with van der Waals surface area (Å²) in [5.74, 6) is 0.163. The number of imidazole rings is 1. The van der Waals surface area contributed by atoms with Gasteiger partial charge in [-0.2, -0.15) is 0 Å². The molecule has 0 bridgehead atoms. The number of rotatable bonds is 6. The number of fused-ring (bicyclic) bond motifs is 1. The van der Waals surface area contributed by atoms with Gasteiger partial charge >= 0.3 is 6.09 Å². The van der Waals surface area contributed by atoms with Crippen LogP contribution < -0.4 is 10.1 Å². The van der Waals surface area contributed by atoms with Crippen molar-refractivity contribution < 1.29 is 23.4 Å². The first-order valence-electron chi connectivity index (χ1n) is 8.95. The summed E-state index contributed by atoms with van der Waals surface area (Å²) < 4.78 is 33.9. The molecule has 7 nitrogen and oxygen atoms in total. The predicted molar refractivity (Wildman–Crippen MR) is 104 cm³/mol. The Balaban J connectivity index is 1.58. The molecule has 0 atom stereocenters. The molecule has 0 aliphatic carbocycles. The number of amides is 1. The Hall–Kier alpha value is -4.01. The second kappa shape index (κ2) is 8.16. The zero-order chi connectivity index (χ0) is 21.1. The average molecular weight is 410 g/mol. The summed E-state index contributed by atoms with van der Waals surface area (Å²) in [5.41, 5.74) is 2.43. The largest absolute Gasteiger partial charge is 0.487 e. The van der Waals surface area contributed by atoms with Gasteiger partial charge in [0.2, 0.25) is 5.78 Å². The lowest BCUT2D eigenvalue weighted by Crippen LogP contribution is -2.20. The number of nitrogens with one attached hydrogen (secondary N) is 1. The molecule has 2 N–H and O–H groups in total. The smallest absolute Gasteiger partial charge is 0.404 e. The van der Waals surface area contributed by atoms with Crippen molar-refractivity contribution in [2.24, 2.45) is 0 Å². The monoisotopic (exact) mass is 410 g/mol. The van der Waals surface area contributed by atoms with Crippen LogP contribution in [0.25, 0.3) is 16.9 Å². The standard InChI is InChI=1S/C21H16F2N4O3/c22-15-1-4-18(5-2-15)30-12-17-11-27-10-14(9-24-20(27)26-17)19-6-3-16(23)7-13(19)8-25-21(28)29/h1-7,9-11,25H,8,12H2,(H,28,29). The lowest BCUT2D eigenvalue weighted by atomic mass is 10.0. The van der Waals surface area contributed by atoms with Crippen LogP contribution in [0, 0.1) is 11.6 Å². The van der Waals surface area contributed by atoms with E-state index in [9.17, 15) is 13.6 Å². The number of ether oxygens (including phenoxy) is 1. The fourth-order valence-electron chi connectivity index (χ4n) is 2.99. The molecule has 4 aromatic rings. The SMILES string of the molecule is O=C(O)NCc1cc(F)ccc1-c1cnc2nc(COc3ccc(F)cc3)cn2c1. The van der Waals surface area contributed by atoms with E-state index in [4.69, 9.17) is 9.84 Å². The number of carboxylic acid groups (broad SMARTS) is 1. The molecule has 0 unspecified atom stereocenters. The molecule has 152 valence electrons. The van der Waals surface area contributed by atoms with Gasteiger partial charge in [-0.05, 0) is 47.5 Å². The number of hydrogen-bond acceptors (Lipinski definition) is 4. The summed E-state index contributed by atoms with van der Waals surface area (Å²) in [6, 6.07) is 9.85. The molecule has 2 aromatic heterocycles. The minimum atomic E-state index is -1.20. The third-order valence-electron chi connectivity index (χ3n) is 4.37. The number of nitrogens with zero attached hydrogens (tertiary/aromatic N) is 3. The first kappa shape index (κ1) is 19.3. The van der Waals surface area contributed by atoms with Gasteiger partial charge in [-0.3, -0.25) is 4.40 Å². The third-order valence-corrected chi connectivity index (χ3v) is 4.37. The van der Waals surface area contributed by atoms with E-state index in [0.717, 1.165) is 0 Å². The lowest BCUT2D eigenvalue weighted by molar-refractivity contribution is 0.194. The van der Waals surface area contributed by atoms with Crippen molar-refractivity contribution in [2.45, 2.75) is 13.2 Å². The van der Waals surface area contributed by atoms with Gasteiger partial charge in [-0.15, -0.1) is 0 Å². The maximum Gasteiger partial charge on any atom is 0.404 e. The van der Waals surface area contributed by atoms with E-state index in [2.05, 4.69) is 15.3 Å². The molecule has 0 radical (unpaired) electrons. The van der Waals surface area contributed by atoms with Gasteiger partial charge in [0.05, 0.1) is 5.69 Å². The van der Waals surface area contributed by atoms with Crippen LogP contribution in [0.3, 0.4) is 0 Å². The first-order valence-corrected chi connectivity index (χ1v) is 8.95. The second-order valence-electron chi connectivity index (χ2n) is 6.48. The molecule has 2 aromatic carbocycles. The third kappa shape index (κ3) is 4.35. The van der Waals surface area contributed by atoms with Crippen LogP contribution in [0.2, 0.25) is 0 Å². The summed E-state index contributed by atoms with van der Waals surface area (Å²) in [6.07, 6.45) is 3.91. The van der Waals surface area contributed by atoms with Gasteiger partial charge in [-0.25, -0.2) is 23.5 Å². The second-order valence-corrected chi connectivity index (χ2v) is 6.48. The average Bonchev–Trinajstić information content (AvgIpc) is 3.14. The van der Waals surface area contributed by atoms with Gasteiger partial charge < -0.3 is 15.2 Å². The predicted octanol–water partition coefficient (Wildman–Crippen LogP) is 4.02. The maximum atomic E-state index is 13.6. The lowest BCUT2D eigenvalue weighted by Gasteiger charge is -2.10. The van der Waals surface area contributed by atoms with Crippen molar-refractivity contribution in [3.63, 3.8) is 0 Å². The summed E-state index contributed by atoms with van der Waals surface area (Å²) in [7, 11) is 0. The zero-order valence-corrected chi connectivity index (χ0v) is 15.5. The topological polar surface area (TPSA) is 88.8 Å². The zero-order valence-electron chi connectivity index (χ0n) is 15.5. The fourth-order valence-corrected chi connectivity index (χ4v) is 2.99. The van der Waals surface area contributed by atoms with Gasteiger partial charge in [0, 0.05) is 30.7 Å². The Morgan fingerprint density at radius 1 is 1.10 bits per heavy atom. The van der Waals surface area contributed by atoms with Crippen LogP contribution >= 0.6 is 0 Å². The molecule has 1 amide bonds. The molecule has 0 saturated carbocycles. The quantitative estimate of drug-likeness (QED) is 0.501. The summed E-state index contributed by atoms with van der Waals surface area (Å²) in [4.78, 5) is 19.5. The molecule has 9 heteroatoms.